The molecule has 1 aliphatic heterocycles. The van der Waals surface area contributed by atoms with Crippen LogP contribution in [0.25, 0.3) is 10.9 Å². The minimum Gasteiger partial charge on any atom is -0.475 e. The van der Waals surface area contributed by atoms with E-state index in [0.29, 0.717) is 0 Å². The van der Waals surface area contributed by atoms with Gasteiger partial charge in [-0.05, 0) is 49.2 Å². The third-order valence-electron chi connectivity index (χ3n) is 4.78. The normalized spacial score (nSPS) is 13.7. The lowest BCUT2D eigenvalue weighted by molar-refractivity contribution is -0.192. The first-order chi connectivity index (χ1) is 13.2. The van der Waals surface area contributed by atoms with Crippen LogP contribution in [0.4, 0.5) is 13.2 Å². The van der Waals surface area contributed by atoms with E-state index >= 15 is 0 Å². The van der Waals surface area contributed by atoms with Crippen molar-refractivity contribution in [3.8, 4) is 0 Å². The van der Waals surface area contributed by atoms with Crippen molar-refractivity contribution in [2.75, 3.05) is 26.2 Å². The second kappa shape index (κ2) is 9.09. The van der Waals surface area contributed by atoms with Gasteiger partial charge in [0, 0.05) is 35.8 Å². The first-order valence-corrected chi connectivity index (χ1v) is 9.11. The molecule has 6 nitrogen and oxygen atoms in total. The summed E-state index contributed by atoms with van der Waals surface area (Å²) in [5.41, 5.74) is 4.55. The van der Waals surface area contributed by atoms with E-state index in [-0.39, 0.29) is 5.91 Å². The van der Waals surface area contributed by atoms with Crippen molar-refractivity contribution in [2.45, 2.75) is 32.9 Å². The van der Waals surface area contributed by atoms with Gasteiger partial charge in [-0.25, -0.2) is 4.79 Å². The molecule has 0 atom stereocenters. The number of carbonyl (C=O) groups excluding carboxylic acids is 1. The molecule has 0 saturated heterocycles. The lowest BCUT2D eigenvalue weighted by Crippen LogP contribution is -2.32. The molecular weight excluding hydrogens is 375 g/mol. The molecule has 28 heavy (non-hydrogen) atoms. The lowest BCUT2D eigenvalue weighted by Gasteiger charge is -2.19. The minimum absolute atomic E-state index is 0.0639. The average molecular weight is 399 g/mol. The third kappa shape index (κ3) is 5.03. The Balaban J connectivity index is 0.000000345. The second-order valence-electron chi connectivity index (χ2n) is 6.41. The molecule has 0 saturated carbocycles. The van der Waals surface area contributed by atoms with Crippen LogP contribution in [0.15, 0.2) is 18.3 Å². The molecule has 0 aliphatic carbocycles. The van der Waals surface area contributed by atoms with Gasteiger partial charge in [0.2, 0.25) is 0 Å². The summed E-state index contributed by atoms with van der Waals surface area (Å²) in [6, 6.07) is 3.97. The number of nitrogens with one attached hydrogen (secondary N) is 2. The second-order valence-corrected chi connectivity index (χ2v) is 6.41. The van der Waals surface area contributed by atoms with E-state index in [1.165, 1.54) is 16.5 Å². The molecule has 1 aliphatic rings. The van der Waals surface area contributed by atoms with Crippen LogP contribution in [0.3, 0.4) is 0 Å². The molecule has 2 heterocycles. The number of likely N-dealkylation sites (N-methyl/N-ethyl adjacent to an activating group) is 1. The van der Waals surface area contributed by atoms with Gasteiger partial charge in [-0.1, -0.05) is 13.8 Å². The van der Waals surface area contributed by atoms with Crippen molar-refractivity contribution in [1.29, 1.82) is 0 Å². The Morgan fingerprint density at radius 2 is 1.89 bits per heavy atom. The zero-order valence-electron chi connectivity index (χ0n) is 15.8. The van der Waals surface area contributed by atoms with Crippen LogP contribution in [0, 0.1) is 0 Å². The van der Waals surface area contributed by atoms with E-state index in [4.69, 9.17) is 9.90 Å². The average Bonchev–Trinajstić information content (AvgIpc) is 3.06. The van der Waals surface area contributed by atoms with E-state index < -0.39 is 12.1 Å². The first-order valence-electron chi connectivity index (χ1n) is 9.11. The molecule has 2 aromatic rings. The van der Waals surface area contributed by atoms with E-state index in [0.717, 1.165) is 50.1 Å². The number of benzene rings is 1. The highest BCUT2D eigenvalue weighted by molar-refractivity contribution is 6.02. The molecule has 1 aromatic heterocycles. The molecule has 1 amide bonds. The Morgan fingerprint density at radius 1 is 1.25 bits per heavy atom. The smallest absolute Gasteiger partial charge is 0.475 e. The number of carboxylic acids is 1. The van der Waals surface area contributed by atoms with Crippen molar-refractivity contribution >= 4 is 22.8 Å². The summed E-state index contributed by atoms with van der Waals surface area (Å²) in [4.78, 5) is 26.7. The van der Waals surface area contributed by atoms with E-state index in [9.17, 15) is 18.0 Å². The van der Waals surface area contributed by atoms with Crippen molar-refractivity contribution in [3.63, 3.8) is 0 Å². The molecule has 0 spiro atoms. The summed E-state index contributed by atoms with van der Waals surface area (Å²) < 4.78 is 31.7. The Bertz CT molecular complexity index is 842. The number of hydrogen-bond donors (Lipinski definition) is 3. The Hall–Kier alpha value is -2.55. The highest BCUT2D eigenvalue weighted by Gasteiger charge is 2.38. The van der Waals surface area contributed by atoms with Gasteiger partial charge < -0.3 is 20.3 Å². The standard InChI is InChI=1S/C17H23N3O.C2HF3O2/c1-3-20(4-2)10-8-12-11-19-15-6-5-14-13(16(12)15)7-9-18-17(14)21;3-2(4,5)1(6)7/h5-6,11,19H,3-4,7-10H2,1-2H3,(H,18,21);(H,6,7). The van der Waals surface area contributed by atoms with Crippen molar-refractivity contribution in [2.24, 2.45) is 0 Å². The zero-order valence-corrected chi connectivity index (χ0v) is 15.8. The summed E-state index contributed by atoms with van der Waals surface area (Å²) in [5, 5.41) is 11.3. The minimum atomic E-state index is -5.08. The van der Waals surface area contributed by atoms with E-state index in [1.807, 2.05) is 12.1 Å². The number of rotatable bonds is 5. The van der Waals surface area contributed by atoms with Crippen LogP contribution in [-0.2, 0) is 17.6 Å². The largest absolute Gasteiger partial charge is 0.490 e. The van der Waals surface area contributed by atoms with Crippen molar-refractivity contribution in [1.82, 2.24) is 15.2 Å². The molecule has 1 aromatic carbocycles. The fraction of sp³-hybridized carbons (Fsp3) is 0.474. The monoisotopic (exact) mass is 399 g/mol. The number of fused-ring (bicyclic) bond motifs is 3. The number of aliphatic carboxylic acids is 1. The number of carbonyl (C=O) groups is 2. The number of amides is 1. The van der Waals surface area contributed by atoms with Crippen LogP contribution in [0.5, 0.6) is 0 Å². The fourth-order valence-electron chi connectivity index (χ4n) is 3.26. The predicted molar refractivity (Wildman–Crippen MR) is 99.5 cm³/mol. The number of halogens is 3. The number of hydrogen-bond acceptors (Lipinski definition) is 3. The molecule has 0 fully saturated rings. The number of H-pyrrole nitrogens is 1. The maximum Gasteiger partial charge on any atom is 0.490 e. The number of aromatic amines is 1. The molecule has 3 N–H and O–H groups in total. The van der Waals surface area contributed by atoms with Gasteiger partial charge in [0.15, 0.2) is 0 Å². The van der Waals surface area contributed by atoms with Crippen LogP contribution in [-0.4, -0.2) is 59.2 Å². The van der Waals surface area contributed by atoms with E-state index in [2.05, 4.69) is 35.2 Å². The maximum atomic E-state index is 12.0. The molecule has 0 bridgehead atoms. The topological polar surface area (TPSA) is 85.4 Å². The Kier molecular flexibility index (Phi) is 7.06. The van der Waals surface area contributed by atoms with Gasteiger partial charge >= 0.3 is 12.1 Å². The van der Waals surface area contributed by atoms with Crippen molar-refractivity contribution in [3.05, 3.63) is 35.0 Å². The highest BCUT2D eigenvalue weighted by atomic mass is 19.4. The van der Waals surface area contributed by atoms with Crippen LogP contribution >= 0.6 is 0 Å². The van der Waals surface area contributed by atoms with Crippen LogP contribution in [0.2, 0.25) is 0 Å². The summed E-state index contributed by atoms with van der Waals surface area (Å²) in [7, 11) is 0. The summed E-state index contributed by atoms with van der Waals surface area (Å²) in [6.45, 7) is 8.37. The Morgan fingerprint density at radius 3 is 2.46 bits per heavy atom. The van der Waals surface area contributed by atoms with Crippen LogP contribution < -0.4 is 5.32 Å². The molecule has 0 radical (unpaired) electrons. The number of nitrogens with zero attached hydrogens (tertiary/aromatic N) is 1. The summed E-state index contributed by atoms with van der Waals surface area (Å²) in [6.07, 6.45) is -1.02. The number of carboxylic acid groups (broad SMARTS) is 1. The number of aromatic nitrogens is 1. The summed E-state index contributed by atoms with van der Waals surface area (Å²) in [5.74, 6) is -2.69. The fourth-order valence-corrected chi connectivity index (χ4v) is 3.26. The zero-order chi connectivity index (χ0) is 20.9. The van der Waals surface area contributed by atoms with Gasteiger partial charge in [-0.2, -0.15) is 13.2 Å². The molecule has 9 heteroatoms. The first kappa shape index (κ1) is 21.7. The van der Waals surface area contributed by atoms with E-state index in [1.54, 1.807) is 0 Å². The van der Waals surface area contributed by atoms with Crippen molar-refractivity contribution < 1.29 is 27.9 Å². The van der Waals surface area contributed by atoms with Gasteiger partial charge in [-0.15, -0.1) is 0 Å². The summed E-state index contributed by atoms with van der Waals surface area (Å²) >= 11 is 0. The molecule has 0 unspecified atom stereocenters. The van der Waals surface area contributed by atoms with Gasteiger partial charge in [0.25, 0.3) is 5.91 Å². The quantitative estimate of drug-likeness (QED) is 0.722. The Labute approximate surface area is 160 Å². The van der Waals surface area contributed by atoms with Crippen LogP contribution in [0.1, 0.15) is 35.3 Å². The molecule has 154 valence electrons. The maximum absolute atomic E-state index is 12.0. The third-order valence-corrected chi connectivity index (χ3v) is 4.78. The predicted octanol–water partition coefficient (Wildman–Crippen LogP) is 2.97. The highest BCUT2D eigenvalue weighted by Crippen LogP contribution is 2.28. The van der Waals surface area contributed by atoms with Gasteiger partial charge in [0.05, 0.1) is 0 Å². The number of alkyl halides is 3. The lowest BCUT2D eigenvalue weighted by atomic mass is 9.94. The SMILES string of the molecule is CCN(CC)CCc1c[nH]c2ccc3c(c12)CCNC3=O.O=C(O)C(F)(F)F. The van der Waals surface area contributed by atoms with Gasteiger partial charge in [-0.3, -0.25) is 4.79 Å². The van der Waals surface area contributed by atoms with Gasteiger partial charge in [0.1, 0.15) is 0 Å². The molecular formula is C19H24F3N3O3. The molecule has 3 rings (SSSR count).